The maximum atomic E-state index is 12.8. The first-order valence-electron chi connectivity index (χ1n) is 14.0. The molecule has 0 bridgehead atoms. The third-order valence-electron chi connectivity index (χ3n) is 7.00. The Morgan fingerprint density at radius 2 is 1.07 bits per heavy atom. The Hall–Kier alpha value is -4.56. The maximum Gasteiger partial charge on any atom is 0.349 e. The van der Waals surface area contributed by atoms with Gasteiger partial charge in [-0.25, -0.2) is 9.59 Å². The number of hydrogen-bond acceptors (Lipinski definition) is 8. The van der Waals surface area contributed by atoms with Gasteiger partial charge in [-0.05, 0) is 95.0 Å². The van der Waals surface area contributed by atoms with Crippen molar-refractivity contribution in [3.63, 3.8) is 0 Å². The molecule has 0 amide bonds. The quantitative estimate of drug-likeness (QED) is 0.164. The van der Waals surface area contributed by atoms with Gasteiger partial charge in [0, 0.05) is 37.6 Å². The Balaban J connectivity index is 2.09. The molecule has 8 heteroatoms. The Kier molecular flexibility index (Phi) is 12.7. The topological polar surface area (TPSA) is 107 Å². The number of esters is 2. The van der Waals surface area contributed by atoms with Gasteiger partial charge in [0.1, 0.15) is 36.0 Å². The summed E-state index contributed by atoms with van der Waals surface area (Å²) in [6.45, 7) is 16.5. The molecular weight excluding hydrogens is 516 g/mol. The number of ether oxygens (including phenoxy) is 2. The highest BCUT2D eigenvalue weighted by Crippen LogP contribution is 2.24. The minimum atomic E-state index is -0.832. The van der Waals surface area contributed by atoms with Crippen LogP contribution in [0.15, 0.2) is 59.7 Å². The molecule has 1 unspecified atom stereocenters. The van der Waals surface area contributed by atoms with Crippen LogP contribution in [0.25, 0.3) is 11.1 Å². The number of nitrogens with zero attached hydrogens (tertiary/aromatic N) is 4. The first-order chi connectivity index (χ1) is 19.6. The molecule has 41 heavy (non-hydrogen) atoms. The lowest BCUT2D eigenvalue weighted by Gasteiger charge is -2.21. The van der Waals surface area contributed by atoms with Crippen LogP contribution in [-0.2, 0) is 19.1 Å². The summed E-state index contributed by atoms with van der Waals surface area (Å²) in [6.07, 6.45) is -0.832. The average molecular weight is 557 g/mol. The van der Waals surface area contributed by atoms with Gasteiger partial charge in [-0.1, -0.05) is 24.3 Å². The number of anilines is 2. The van der Waals surface area contributed by atoms with Gasteiger partial charge in [0.25, 0.3) is 0 Å². The standard InChI is InChI=1S/C33H40N4O4/c1-8-36(9-2)28-16-12-26(13-17-28)24(6)30(20-34)32(38)40-22-23(5)41-33(39)31(21-35)25(7)27-14-18-29(19-15-27)37(10-3)11-4/h12-19,23H,8-11,22H2,1-7H3. The summed E-state index contributed by atoms with van der Waals surface area (Å²) < 4.78 is 10.7. The molecular formula is C33H40N4O4. The summed E-state index contributed by atoms with van der Waals surface area (Å²) >= 11 is 0. The maximum absolute atomic E-state index is 12.8. The third-order valence-corrected chi connectivity index (χ3v) is 7.00. The summed E-state index contributed by atoms with van der Waals surface area (Å²) in [5, 5.41) is 19.3. The number of rotatable bonds is 13. The number of allylic oxidation sites excluding steroid dienone is 2. The summed E-state index contributed by atoms with van der Waals surface area (Å²) in [4.78, 5) is 29.9. The van der Waals surface area contributed by atoms with E-state index in [1.54, 1.807) is 20.8 Å². The molecule has 0 saturated heterocycles. The van der Waals surface area contributed by atoms with E-state index in [9.17, 15) is 20.1 Å². The molecule has 0 N–H and O–H groups in total. The molecule has 1 atom stereocenters. The third kappa shape index (κ3) is 8.46. The first kappa shape index (κ1) is 32.7. The molecule has 0 aliphatic heterocycles. The van der Waals surface area contributed by atoms with Crippen LogP contribution in [0.2, 0.25) is 0 Å². The van der Waals surface area contributed by atoms with Gasteiger partial charge in [-0.2, -0.15) is 10.5 Å². The Labute approximate surface area is 244 Å². The van der Waals surface area contributed by atoms with Crippen LogP contribution >= 0.6 is 0 Å². The summed E-state index contributed by atoms with van der Waals surface area (Å²) in [5.41, 5.74) is 4.31. The number of carbonyl (C=O) groups is 2. The van der Waals surface area contributed by atoms with E-state index in [1.807, 2.05) is 60.7 Å². The van der Waals surface area contributed by atoms with Gasteiger partial charge in [0.15, 0.2) is 0 Å². The zero-order chi connectivity index (χ0) is 30.5. The van der Waals surface area contributed by atoms with Crippen molar-refractivity contribution in [3.05, 3.63) is 70.8 Å². The van der Waals surface area contributed by atoms with Crippen LogP contribution in [0.3, 0.4) is 0 Å². The second-order valence-corrected chi connectivity index (χ2v) is 9.48. The number of nitriles is 2. The van der Waals surface area contributed by atoms with Crippen LogP contribution < -0.4 is 9.80 Å². The Morgan fingerprint density at radius 3 is 1.41 bits per heavy atom. The zero-order valence-electron chi connectivity index (χ0n) is 25.2. The van der Waals surface area contributed by atoms with Crippen LogP contribution in [0.5, 0.6) is 0 Å². The van der Waals surface area contributed by atoms with Crippen molar-refractivity contribution in [2.24, 2.45) is 0 Å². The van der Waals surface area contributed by atoms with E-state index in [0.717, 1.165) is 48.7 Å². The normalized spacial score (nSPS) is 12.6. The Bertz CT molecular complexity index is 1340. The van der Waals surface area contributed by atoms with Gasteiger partial charge >= 0.3 is 11.9 Å². The van der Waals surface area contributed by atoms with E-state index < -0.39 is 18.0 Å². The lowest BCUT2D eigenvalue weighted by Crippen LogP contribution is -2.24. The van der Waals surface area contributed by atoms with Gasteiger partial charge in [0.05, 0.1) is 0 Å². The monoisotopic (exact) mass is 556 g/mol. The molecule has 2 aromatic carbocycles. The molecule has 2 aromatic rings. The zero-order valence-corrected chi connectivity index (χ0v) is 25.2. The highest BCUT2D eigenvalue weighted by atomic mass is 16.6. The fraction of sp³-hybridized carbons (Fsp3) is 0.394. The van der Waals surface area contributed by atoms with Crippen molar-refractivity contribution in [1.29, 1.82) is 10.5 Å². The van der Waals surface area contributed by atoms with E-state index in [0.29, 0.717) is 11.1 Å². The van der Waals surface area contributed by atoms with Crippen molar-refractivity contribution < 1.29 is 19.1 Å². The number of carbonyl (C=O) groups excluding carboxylic acids is 2. The largest absolute Gasteiger partial charge is 0.458 e. The minimum absolute atomic E-state index is 0.124. The predicted molar refractivity (Wildman–Crippen MR) is 163 cm³/mol. The van der Waals surface area contributed by atoms with Crippen molar-refractivity contribution >= 4 is 34.5 Å². The lowest BCUT2D eigenvalue weighted by molar-refractivity contribution is -0.152. The molecule has 0 radical (unpaired) electrons. The van der Waals surface area contributed by atoms with E-state index in [4.69, 9.17) is 9.47 Å². The second kappa shape index (κ2) is 15.9. The van der Waals surface area contributed by atoms with E-state index in [2.05, 4.69) is 37.5 Å². The van der Waals surface area contributed by atoms with Crippen LogP contribution in [0.1, 0.15) is 59.6 Å². The first-order valence-corrected chi connectivity index (χ1v) is 14.0. The fourth-order valence-electron chi connectivity index (χ4n) is 4.42. The summed E-state index contributed by atoms with van der Waals surface area (Å²) in [7, 11) is 0. The van der Waals surface area contributed by atoms with Gasteiger partial charge in [-0.3, -0.25) is 0 Å². The minimum Gasteiger partial charge on any atom is -0.458 e. The van der Waals surface area contributed by atoms with E-state index in [1.165, 1.54) is 0 Å². The van der Waals surface area contributed by atoms with Gasteiger partial charge < -0.3 is 19.3 Å². The molecule has 0 aromatic heterocycles. The van der Waals surface area contributed by atoms with Crippen molar-refractivity contribution in [2.75, 3.05) is 42.6 Å². The van der Waals surface area contributed by atoms with Crippen molar-refractivity contribution in [1.82, 2.24) is 0 Å². The van der Waals surface area contributed by atoms with Gasteiger partial charge in [0.2, 0.25) is 0 Å². The number of hydrogen-bond donors (Lipinski definition) is 0. The molecule has 0 spiro atoms. The van der Waals surface area contributed by atoms with Crippen LogP contribution in [-0.4, -0.2) is 50.8 Å². The molecule has 0 heterocycles. The van der Waals surface area contributed by atoms with E-state index in [-0.39, 0.29) is 17.8 Å². The Morgan fingerprint density at radius 1 is 0.707 bits per heavy atom. The molecule has 8 nitrogen and oxygen atoms in total. The second-order valence-electron chi connectivity index (χ2n) is 9.48. The lowest BCUT2D eigenvalue weighted by atomic mass is 10.0. The molecule has 0 aliphatic rings. The van der Waals surface area contributed by atoms with Gasteiger partial charge in [-0.15, -0.1) is 0 Å². The van der Waals surface area contributed by atoms with Crippen molar-refractivity contribution in [2.45, 2.75) is 54.6 Å². The smallest absolute Gasteiger partial charge is 0.349 e. The van der Waals surface area contributed by atoms with E-state index >= 15 is 0 Å². The highest BCUT2D eigenvalue weighted by Gasteiger charge is 2.21. The van der Waals surface area contributed by atoms with Crippen molar-refractivity contribution in [3.8, 4) is 12.1 Å². The summed E-state index contributed by atoms with van der Waals surface area (Å²) in [6, 6.07) is 19.2. The molecule has 2 rings (SSSR count). The summed E-state index contributed by atoms with van der Waals surface area (Å²) in [5.74, 6) is -1.61. The molecule has 0 aliphatic carbocycles. The number of benzene rings is 2. The molecule has 0 fully saturated rings. The van der Waals surface area contributed by atoms with Crippen LogP contribution in [0, 0.1) is 22.7 Å². The highest BCUT2D eigenvalue weighted by molar-refractivity contribution is 6.02. The SMILES string of the molecule is CCN(CC)c1ccc(C(C)=C(C#N)C(=O)OCC(C)OC(=O)C(C#N)=C(C)c2ccc(N(CC)CC)cc2)cc1. The average Bonchev–Trinajstić information content (AvgIpc) is 2.98. The predicted octanol–water partition coefficient (Wildman–Crippen LogP) is 6.15. The molecule has 216 valence electrons. The fourth-order valence-corrected chi connectivity index (χ4v) is 4.42. The van der Waals surface area contributed by atoms with Crippen LogP contribution in [0.4, 0.5) is 11.4 Å². The molecule has 0 saturated carbocycles.